The van der Waals surface area contributed by atoms with Gasteiger partial charge in [-0.3, -0.25) is 4.79 Å². The topological polar surface area (TPSA) is 74.5 Å². The molecule has 1 heterocycles. The van der Waals surface area contributed by atoms with E-state index < -0.39 is 0 Å². The molecule has 0 unspecified atom stereocenters. The van der Waals surface area contributed by atoms with Crippen LogP contribution in [0.1, 0.15) is 30.4 Å². The predicted octanol–water partition coefficient (Wildman–Crippen LogP) is 1.57. The van der Waals surface area contributed by atoms with Crippen LogP contribution in [0.5, 0.6) is 0 Å². The summed E-state index contributed by atoms with van der Waals surface area (Å²) in [6.07, 6.45) is 0. The minimum absolute atomic E-state index is 0.0798. The molecule has 7 heteroatoms. The highest BCUT2D eigenvalue weighted by Crippen LogP contribution is 2.28. The van der Waals surface area contributed by atoms with Gasteiger partial charge in [0.15, 0.2) is 5.13 Å². The number of nitrogens with zero attached hydrogens (tertiary/aromatic N) is 3. The van der Waals surface area contributed by atoms with Gasteiger partial charge < -0.3 is 20.9 Å². The van der Waals surface area contributed by atoms with Crippen LogP contribution in [0, 0.1) is 0 Å². The van der Waals surface area contributed by atoms with Crippen molar-refractivity contribution in [2.45, 2.75) is 26.3 Å². The fourth-order valence-corrected chi connectivity index (χ4v) is 2.57. The highest BCUT2D eigenvalue weighted by Gasteiger charge is 2.21. The molecule has 1 aromatic rings. The molecule has 0 atom stereocenters. The van der Waals surface area contributed by atoms with Crippen LogP contribution in [0.2, 0.25) is 0 Å². The molecule has 0 aliphatic rings. The van der Waals surface area contributed by atoms with Crippen LogP contribution in [-0.2, 0) is 0 Å². The van der Waals surface area contributed by atoms with Gasteiger partial charge in [0, 0.05) is 25.7 Å². The second kappa shape index (κ2) is 6.41. The van der Waals surface area contributed by atoms with E-state index in [1.54, 1.807) is 11.9 Å². The highest BCUT2D eigenvalue weighted by molar-refractivity contribution is 7.18. The van der Waals surface area contributed by atoms with Crippen LogP contribution >= 0.6 is 11.3 Å². The molecule has 1 amide bonds. The Morgan fingerprint density at radius 1 is 1.30 bits per heavy atom. The van der Waals surface area contributed by atoms with Gasteiger partial charge in [-0.1, -0.05) is 11.3 Å². The summed E-state index contributed by atoms with van der Waals surface area (Å²) in [5, 5.41) is 3.91. The van der Waals surface area contributed by atoms with E-state index in [0.717, 1.165) is 6.54 Å². The van der Waals surface area contributed by atoms with Gasteiger partial charge >= 0.3 is 0 Å². The van der Waals surface area contributed by atoms with E-state index in [1.165, 1.54) is 11.3 Å². The first kappa shape index (κ1) is 16.7. The van der Waals surface area contributed by atoms with Crippen molar-refractivity contribution in [1.82, 2.24) is 14.8 Å². The van der Waals surface area contributed by atoms with Gasteiger partial charge in [0.05, 0.1) is 0 Å². The van der Waals surface area contributed by atoms with E-state index in [2.05, 4.69) is 10.3 Å². The summed E-state index contributed by atoms with van der Waals surface area (Å²) in [6, 6.07) is 0. The molecule has 0 aromatic carbocycles. The number of carbonyl (C=O) groups excluding carboxylic acids is 1. The number of anilines is 2. The first-order valence-electron chi connectivity index (χ1n) is 6.55. The number of nitrogen functional groups attached to an aromatic ring is 1. The Bertz CT molecular complexity index is 464. The molecule has 3 N–H and O–H groups in total. The zero-order valence-corrected chi connectivity index (χ0v) is 14.0. The monoisotopic (exact) mass is 299 g/mol. The Morgan fingerprint density at radius 3 is 2.40 bits per heavy atom. The summed E-state index contributed by atoms with van der Waals surface area (Å²) in [5.74, 6) is 0.215. The molecule has 1 rings (SSSR count). The van der Waals surface area contributed by atoms with Crippen molar-refractivity contribution >= 4 is 28.2 Å². The Kier molecular flexibility index (Phi) is 5.35. The van der Waals surface area contributed by atoms with Crippen LogP contribution in [-0.4, -0.2) is 60.5 Å². The molecule has 114 valence electrons. The molecule has 1 aromatic heterocycles. The maximum Gasteiger partial charge on any atom is 0.267 e. The summed E-state index contributed by atoms with van der Waals surface area (Å²) < 4.78 is 0. The molecule has 20 heavy (non-hydrogen) atoms. The number of nitrogens with two attached hydrogens (primary N) is 1. The SMILES string of the molecule is CN(C)CCN(C)C(=O)c1sc(NC(C)(C)C)nc1N. The van der Waals surface area contributed by atoms with Gasteiger partial charge in [0.25, 0.3) is 5.91 Å². The molecule has 0 saturated carbocycles. The number of hydrogen-bond acceptors (Lipinski definition) is 6. The Morgan fingerprint density at radius 2 is 1.90 bits per heavy atom. The van der Waals surface area contributed by atoms with Crippen molar-refractivity contribution in [1.29, 1.82) is 0 Å². The number of aromatic nitrogens is 1. The summed E-state index contributed by atoms with van der Waals surface area (Å²) in [7, 11) is 5.73. The largest absolute Gasteiger partial charge is 0.382 e. The number of amides is 1. The number of carbonyl (C=O) groups is 1. The predicted molar refractivity (Wildman–Crippen MR) is 85.4 cm³/mol. The Hall–Kier alpha value is -1.34. The maximum absolute atomic E-state index is 12.3. The van der Waals surface area contributed by atoms with Crippen molar-refractivity contribution in [3.63, 3.8) is 0 Å². The van der Waals surface area contributed by atoms with Gasteiger partial charge in [0.1, 0.15) is 10.7 Å². The van der Waals surface area contributed by atoms with Crippen molar-refractivity contribution in [2.75, 3.05) is 45.3 Å². The standard InChI is InChI=1S/C13H25N5OS/c1-13(2,3)16-12-15-10(14)9(20-12)11(19)18(6)8-7-17(4)5/h7-8,14H2,1-6H3,(H,15,16). The van der Waals surface area contributed by atoms with E-state index in [4.69, 9.17) is 5.73 Å². The van der Waals surface area contributed by atoms with Crippen LogP contribution in [0.4, 0.5) is 10.9 Å². The van der Waals surface area contributed by atoms with E-state index in [1.807, 2.05) is 39.8 Å². The van der Waals surface area contributed by atoms with Gasteiger partial charge in [-0.05, 0) is 34.9 Å². The summed E-state index contributed by atoms with van der Waals surface area (Å²) in [5.41, 5.74) is 5.75. The number of nitrogens with one attached hydrogen (secondary N) is 1. The van der Waals surface area contributed by atoms with E-state index in [9.17, 15) is 4.79 Å². The minimum Gasteiger partial charge on any atom is -0.382 e. The number of likely N-dealkylation sites (N-methyl/N-ethyl adjacent to an activating group) is 2. The molecule has 0 fully saturated rings. The average molecular weight is 299 g/mol. The third kappa shape index (κ3) is 4.97. The number of thiazole rings is 1. The quantitative estimate of drug-likeness (QED) is 0.863. The molecule has 0 spiro atoms. The zero-order valence-electron chi connectivity index (χ0n) is 13.1. The first-order valence-corrected chi connectivity index (χ1v) is 7.36. The van der Waals surface area contributed by atoms with Crippen LogP contribution in [0.3, 0.4) is 0 Å². The lowest BCUT2D eigenvalue weighted by atomic mass is 10.1. The van der Waals surface area contributed by atoms with Crippen LogP contribution in [0.15, 0.2) is 0 Å². The highest BCUT2D eigenvalue weighted by atomic mass is 32.1. The van der Waals surface area contributed by atoms with Crippen molar-refractivity contribution < 1.29 is 4.79 Å². The van der Waals surface area contributed by atoms with Gasteiger partial charge in [0.2, 0.25) is 0 Å². The van der Waals surface area contributed by atoms with Crippen molar-refractivity contribution in [3.8, 4) is 0 Å². The van der Waals surface area contributed by atoms with Gasteiger partial charge in [-0.15, -0.1) is 0 Å². The second-order valence-corrected chi connectivity index (χ2v) is 7.14. The Balaban J connectivity index is 2.78. The van der Waals surface area contributed by atoms with Crippen molar-refractivity contribution in [2.24, 2.45) is 0 Å². The third-order valence-corrected chi connectivity index (χ3v) is 3.53. The number of rotatable bonds is 5. The lowest BCUT2D eigenvalue weighted by Crippen LogP contribution is -2.33. The van der Waals surface area contributed by atoms with Gasteiger partial charge in [-0.25, -0.2) is 4.98 Å². The smallest absolute Gasteiger partial charge is 0.267 e. The lowest BCUT2D eigenvalue weighted by molar-refractivity contribution is 0.0792. The summed E-state index contributed by atoms with van der Waals surface area (Å²) in [6.45, 7) is 7.58. The Labute approximate surface area is 125 Å². The third-order valence-electron chi connectivity index (χ3n) is 2.56. The second-order valence-electron chi connectivity index (χ2n) is 6.14. The van der Waals surface area contributed by atoms with Crippen molar-refractivity contribution in [3.05, 3.63) is 4.88 Å². The molecule has 6 nitrogen and oxygen atoms in total. The molecule has 0 saturated heterocycles. The summed E-state index contributed by atoms with van der Waals surface area (Å²) >= 11 is 1.31. The molecular formula is C13H25N5OS. The van der Waals surface area contributed by atoms with Gasteiger partial charge in [-0.2, -0.15) is 0 Å². The fraction of sp³-hybridized carbons (Fsp3) is 0.692. The van der Waals surface area contributed by atoms with E-state index >= 15 is 0 Å². The molecule has 0 aliphatic carbocycles. The molecule has 0 aliphatic heterocycles. The normalized spacial score (nSPS) is 11.8. The van der Waals surface area contributed by atoms with Crippen LogP contribution in [0.25, 0.3) is 0 Å². The first-order chi connectivity index (χ1) is 9.10. The average Bonchev–Trinajstić information content (AvgIpc) is 2.63. The van der Waals surface area contributed by atoms with E-state index in [0.29, 0.717) is 22.4 Å². The van der Waals surface area contributed by atoms with E-state index in [-0.39, 0.29) is 11.4 Å². The zero-order chi connectivity index (χ0) is 15.5. The fourth-order valence-electron chi connectivity index (χ4n) is 1.48. The lowest BCUT2D eigenvalue weighted by Gasteiger charge is -2.19. The number of hydrogen-bond donors (Lipinski definition) is 2. The minimum atomic E-state index is -0.110. The molecule has 0 bridgehead atoms. The molecular weight excluding hydrogens is 274 g/mol. The molecule has 0 radical (unpaired) electrons. The van der Waals surface area contributed by atoms with Crippen LogP contribution < -0.4 is 11.1 Å². The maximum atomic E-state index is 12.3. The summed E-state index contributed by atoms with van der Waals surface area (Å²) in [4.78, 5) is 20.8.